The summed E-state index contributed by atoms with van der Waals surface area (Å²) < 4.78 is 12.4. The van der Waals surface area contributed by atoms with Gasteiger partial charge >= 0.3 is 5.97 Å². The van der Waals surface area contributed by atoms with Crippen LogP contribution in [0.1, 0.15) is 114 Å². The van der Waals surface area contributed by atoms with Crippen LogP contribution in [0.15, 0.2) is 0 Å². The minimum absolute atomic E-state index is 0.0616. The third-order valence-corrected chi connectivity index (χ3v) is 14.3. The largest absolute Gasteiger partial charge is 0.457 e. The number of aliphatic hydroxyl groups excluding tert-OH is 2. The number of esters is 1. The molecule has 0 bridgehead atoms. The Hall–Kier alpha value is -0.690. The highest BCUT2D eigenvalue weighted by Crippen LogP contribution is 2.79. The highest BCUT2D eigenvalue weighted by molar-refractivity contribution is 5.66. The standard InChI is InChI=1S/C33H56O6/c1-18-17-20(27(29(5,6)37)38-19(2)34)39-25-24(18)32(9)16-15-31(8)22(33(32,10)26(25)36)12-11-21-28(3,4)23(35)13-14-30(21,31)7/h18,20-27,35-37H,11-17H2,1-10H3/t18-,20-,21+,22-,23+,24-,25+,26+,27+,30+,31-,32-,33-/m1/s1. The first-order valence-corrected chi connectivity index (χ1v) is 15.7. The summed E-state index contributed by atoms with van der Waals surface area (Å²) in [7, 11) is 0. The molecule has 0 aromatic rings. The van der Waals surface area contributed by atoms with E-state index >= 15 is 0 Å². The van der Waals surface area contributed by atoms with Gasteiger partial charge in [-0.3, -0.25) is 4.79 Å². The van der Waals surface area contributed by atoms with Crippen molar-refractivity contribution in [3.63, 3.8) is 0 Å². The molecule has 5 rings (SSSR count). The van der Waals surface area contributed by atoms with Crippen molar-refractivity contribution in [2.24, 2.45) is 50.7 Å². The highest BCUT2D eigenvalue weighted by atomic mass is 16.6. The molecule has 1 heterocycles. The first-order chi connectivity index (χ1) is 17.8. The smallest absolute Gasteiger partial charge is 0.303 e. The average molecular weight is 549 g/mol. The first-order valence-electron chi connectivity index (χ1n) is 15.7. The summed E-state index contributed by atoms with van der Waals surface area (Å²) in [5, 5.41) is 34.3. The molecule has 0 aromatic carbocycles. The van der Waals surface area contributed by atoms with Crippen LogP contribution in [0.5, 0.6) is 0 Å². The van der Waals surface area contributed by atoms with Crippen LogP contribution in [-0.2, 0) is 14.3 Å². The quantitative estimate of drug-likeness (QED) is 0.403. The van der Waals surface area contributed by atoms with Gasteiger partial charge in [-0.25, -0.2) is 0 Å². The predicted octanol–water partition coefficient (Wildman–Crippen LogP) is 5.50. The van der Waals surface area contributed by atoms with Gasteiger partial charge in [0, 0.05) is 12.3 Å². The van der Waals surface area contributed by atoms with Crippen LogP contribution < -0.4 is 0 Å². The zero-order valence-corrected chi connectivity index (χ0v) is 26.2. The molecular weight excluding hydrogens is 492 g/mol. The van der Waals surface area contributed by atoms with Gasteiger partial charge < -0.3 is 24.8 Å². The molecule has 0 unspecified atom stereocenters. The van der Waals surface area contributed by atoms with Crippen LogP contribution >= 0.6 is 0 Å². The number of aliphatic hydroxyl groups is 3. The Balaban J connectivity index is 1.53. The minimum Gasteiger partial charge on any atom is -0.457 e. The molecule has 6 heteroatoms. The molecule has 224 valence electrons. The summed E-state index contributed by atoms with van der Waals surface area (Å²) in [6.07, 6.45) is 4.41. The highest BCUT2D eigenvalue weighted by Gasteiger charge is 2.77. The first kappa shape index (κ1) is 29.8. The van der Waals surface area contributed by atoms with Crippen LogP contribution in [0.3, 0.4) is 0 Å². The number of ether oxygens (including phenoxy) is 2. The van der Waals surface area contributed by atoms with Crippen molar-refractivity contribution in [1.82, 2.24) is 0 Å². The second kappa shape index (κ2) is 8.91. The molecule has 13 atom stereocenters. The summed E-state index contributed by atoms with van der Waals surface area (Å²) in [4.78, 5) is 12.0. The van der Waals surface area contributed by atoms with Crippen LogP contribution in [0.2, 0.25) is 0 Å². The molecule has 1 aliphatic heterocycles. The van der Waals surface area contributed by atoms with E-state index in [0.29, 0.717) is 18.3 Å². The van der Waals surface area contributed by atoms with E-state index in [2.05, 4.69) is 48.5 Å². The Labute approximate surface area is 236 Å². The summed E-state index contributed by atoms with van der Waals surface area (Å²) >= 11 is 0. The molecule has 0 amide bonds. The van der Waals surface area contributed by atoms with E-state index in [1.54, 1.807) is 13.8 Å². The lowest BCUT2D eigenvalue weighted by Gasteiger charge is -2.72. The number of fused-ring (bicyclic) bond motifs is 7. The van der Waals surface area contributed by atoms with Gasteiger partial charge in [0.1, 0.15) is 0 Å². The molecule has 5 fully saturated rings. The second-order valence-corrected chi connectivity index (χ2v) is 16.6. The Morgan fingerprint density at radius 2 is 1.49 bits per heavy atom. The molecule has 0 spiro atoms. The Bertz CT molecular complexity index is 987. The lowest BCUT2D eigenvalue weighted by Crippen LogP contribution is -2.67. The average Bonchev–Trinajstić information content (AvgIpc) is 2.99. The Kier molecular flexibility index (Phi) is 6.80. The maximum atomic E-state index is 12.4. The Morgan fingerprint density at radius 3 is 2.08 bits per heavy atom. The fraction of sp³-hybridized carbons (Fsp3) is 0.970. The summed E-state index contributed by atoms with van der Waals surface area (Å²) in [6.45, 7) is 21.3. The van der Waals surface area contributed by atoms with Crippen molar-refractivity contribution in [3.8, 4) is 0 Å². The molecule has 4 aliphatic carbocycles. The lowest BCUT2D eigenvalue weighted by molar-refractivity contribution is -0.256. The molecule has 5 aliphatic rings. The van der Waals surface area contributed by atoms with Crippen LogP contribution in [0.4, 0.5) is 0 Å². The van der Waals surface area contributed by atoms with Gasteiger partial charge in [-0.05, 0) is 104 Å². The van der Waals surface area contributed by atoms with E-state index in [1.165, 1.54) is 6.92 Å². The number of carbonyl (C=O) groups excluding carboxylic acids is 1. The maximum Gasteiger partial charge on any atom is 0.303 e. The minimum atomic E-state index is -1.25. The summed E-state index contributed by atoms with van der Waals surface area (Å²) in [5.74, 6) is 0.842. The van der Waals surface area contributed by atoms with Crippen molar-refractivity contribution in [3.05, 3.63) is 0 Å². The van der Waals surface area contributed by atoms with Gasteiger partial charge in [0.25, 0.3) is 0 Å². The van der Waals surface area contributed by atoms with E-state index in [0.717, 1.165) is 38.5 Å². The molecule has 0 aromatic heterocycles. The van der Waals surface area contributed by atoms with Crippen LogP contribution in [-0.4, -0.2) is 57.4 Å². The molecule has 4 saturated carbocycles. The van der Waals surface area contributed by atoms with Gasteiger partial charge in [-0.15, -0.1) is 0 Å². The van der Waals surface area contributed by atoms with Gasteiger partial charge in [0.05, 0.1) is 30.0 Å². The topological polar surface area (TPSA) is 96.2 Å². The second-order valence-electron chi connectivity index (χ2n) is 16.6. The van der Waals surface area contributed by atoms with E-state index in [1.807, 2.05) is 0 Å². The molecule has 39 heavy (non-hydrogen) atoms. The van der Waals surface area contributed by atoms with Crippen LogP contribution in [0.25, 0.3) is 0 Å². The molecule has 3 N–H and O–H groups in total. The Morgan fingerprint density at radius 1 is 0.923 bits per heavy atom. The summed E-state index contributed by atoms with van der Waals surface area (Å²) in [5.41, 5.74) is -1.60. The third-order valence-electron chi connectivity index (χ3n) is 14.3. The van der Waals surface area contributed by atoms with Crippen molar-refractivity contribution in [1.29, 1.82) is 0 Å². The summed E-state index contributed by atoms with van der Waals surface area (Å²) in [6, 6.07) is 0. The number of hydrogen-bond acceptors (Lipinski definition) is 6. The number of hydrogen-bond donors (Lipinski definition) is 3. The van der Waals surface area contributed by atoms with E-state index in [-0.39, 0.29) is 51.1 Å². The van der Waals surface area contributed by atoms with E-state index in [9.17, 15) is 20.1 Å². The van der Waals surface area contributed by atoms with Crippen molar-refractivity contribution in [2.75, 3.05) is 0 Å². The number of rotatable bonds is 3. The normalized spacial score (nSPS) is 53.6. The van der Waals surface area contributed by atoms with Gasteiger partial charge in [0.2, 0.25) is 0 Å². The zero-order chi connectivity index (χ0) is 29.1. The molecule has 0 radical (unpaired) electrons. The lowest BCUT2D eigenvalue weighted by atomic mass is 9.32. The van der Waals surface area contributed by atoms with Crippen molar-refractivity contribution in [2.45, 2.75) is 150 Å². The van der Waals surface area contributed by atoms with E-state index in [4.69, 9.17) is 9.47 Å². The fourth-order valence-electron chi connectivity index (χ4n) is 12.0. The predicted molar refractivity (Wildman–Crippen MR) is 151 cm³/mol. The van der Waals surface area contributed by atoms with Crippen LogP contribution in [0, 0.1) is 50.7 Å². The monoisotopic (exact) mass is 548 g/mol. The molecule has 1 saturated heterocycles. The molecule has 6 nitrogen and oxygen atoms in total. The third kappa shape index (κ3) is 3.75. The SMILES string of the molecule is CC(=O)O[C@@H]([C@H]1C[C@@H](C)[C@@H]2[C@H](O1)[C@H](O)[C@@]1(C)[C@@H]3CC[C@H]4C(C)(C)[C@@H](O)CC[C@]4(C)[C@]3(C)CC[C@]21C)C(C)(C)O. The maximum absolute atomic E-state index is 12.4. The fourth-order valence-corrected chi connectivity index (χ4v) is 12.0. The molecular formula is C33H56O6. The van der Waals surface area contributed by atoms with Gasteiger partial charge in [0.15, 0.2) is 6.10 Å². The van der Waals surface area contributed by atoms with Gasteiger partial charge in [-0.2, -0.15) is 0 Å². The van der Waals surface area contributed by atoms with Gasteiger partial charge in [-0.1, -0.05) is 48.5 Å². The zero-order valence-electron chi connectivity index (χ0n) is 26.2. The van der Waals surface area contributed by atoms with E-state index < -0.39 is 29.9 Å². The van der Waals surface area contributed by atoms with Crippen molar-refractivity contribution < 1.29 is 29.6 Å². The number of carbonyl (C=O) groups is 1. The van der Waals surface area contributed by atoms with Crippen molar-refractivity contribution >= 4 is 5.97 Å².